The van der Waals surface area contributed by atoms with Crippen LogP contribution in [-0.2, 0) is 11.3 Å². The van der Waals surface area contributed by atoms with Crippen LogP contribution in [0.5, 0.6) is 0 Å². The molecule has 1 unspecified atom stereocenters. The molecule has 6 nitrogen and oxygen atoms in total. The molecule has 1 N–H and O–H groups in total. The predicted molar refractivity (Wildman–Crippen MR) is 76.5 cm³/mol. The van der Waals surface area contributed by atoms with E-state index in [0.29, 0.717) is 25.4 Å². The molecule has 2 rings (SSSR count). The molecule has 1 aliphatic rings. The summed E-state index contributed by atoms with van der Waals surface area (Å²) < 4.78 is 10.7. The summed E-state index contributed by atoms with van der Waals surface area (Å²) in [6.45, 7) is 7.45. The van der Waals surface area contributed by atoms with Crippen LogP contribution in [0.1, 0.15) is 38.7 Å². The lowest BCUT2D eigenvalue weighted by atomic mass is 10.2. The zero-order valence-electron chi connectivity index (χ0n) is 12.7. The van der Waals surface area contributed by atoms with E-state index in [0.717, 1.165) is 12.2 Å². The molecule has 114 valence electrons. The topological polar surface area (TPSA) is 78.5 Å². The maximum atomic E-state index is 11.9. The van der Waals surface area contributed by atoms with Crippen LogP contribution in [-0.4, -0.2) is 35.7 Å². The molecule has 0 spiro atoms. The average molecular weight is 291 g/mol. The standard InChI is InChI=1S/C15H21N3O3/c1-15(2,3)21-14(19)18-7-6-11(10-18)17-9-13-5-4-12(8-16)20-13/h4-5,11,17H,6-7,9-10H2,1-3H3. The first kappa shape index (κ1) is 15.4. The summed E-state index contributed by atoms with van der Waals surface area (Å²) in [5.74, 6) is 1.04. The van der Waals surface area contributed by atoms with Crippen LogP contribution in [0.4, 0.5) is 4.79 Å². The van der Waals surface area contributed by atoms with Crippen LogP contribution < -0.4 is 5.32 Å². The van der Waals surface area contributed by atoms with E-state index in [1.165, 1.54) is 0 Å². The van der Waals surface area contributed by atoms with E-state index >= 15 is 0 Å². The third-order valence-electron chi connectivity index (χ3n) is 3.18. The molecule has 2 heterocycles. The third-order valence-corrected chi connectivity index (χ3v) is 3.18. The number of likely N-dealkylation sites (tertiary alicyclic amines) is 1. The number of carbonyl (C=O) groups is 1. The van der Waals surface area contributed by atoms with Crippen LogP contribution in [0.2, 0.25) is 0 Å². The fourth-order valence-electron chi connectivity index (χ4n) is 2.20. The molecule has 1 fully saturated rings. The second-order valence-electron chi connectivity index (χ2n) is 6.17. The molecule has 1 amide bonds. The van der Waals surface area contributed by atoms with Gasteiger partial charge in [-0.05, 0) is 39.3 Å². The number of nitriles is 1. The van der Waals surface area contributed by atoms with Crippen molar-refractivity contribution in [2.75, 3.05) is 13.1 Å². The Morgan fingerprint density at radius 1 is 1.57 bits per heavy atom. The molecule has 1 aliphatic heterocycles. The van der Waals surface area contributed by atoms with Crippen LogP contribution in [0.3, 0.4) is 0 Å². The molecule has 0 saturated carbocycles. The summed E-state index contributed by atoms with van der Waals surface area (Å²) in [5.41, 5.74) is -0.468. The first-order valence-electron chi connectivity index (χ1n) is 7.07. The van der Waals surface area contributed by atoms with Crippen molar-refractivity contribution in [2.45, 2.75) is 45.4 Å². The highest BCUT2D eigenvalue weighted by Crippen LogP contribution is 2.16. The van der Waals surface area contributed by atoms with E-state index in [1.807, 2.05) is 26.8 Å². The molecule has 0 aromatic carbocycles. The lowest BCUT2D eigenvalue weighted by Gasteiger charge is -2.24. The van der Waals surface area contributed by atoms with Crippen molar-refractivity contribution in [3.05, 3.63) is 23.7 Å². The highest BCUT2D eigenvalue weighted by Gasteiger charge is 2.29. The van der Waals surface area contributed by atoms with Crippen molar-refractivity contribution in [1.82, 2.24) is 10.2 Å². The highest BCUT2D eigenvalue weighted by atomic mass is 16.6. The van der Waals surface area contributed by atoms with Crippen molar-refractivity contribution >= 4 is 6.09 Å². The maximum Gasteiger partial charge on any atom is 0.410 e. The minimum Gasteiger partial charge on any atom is -0.449 e. The summed E-state index contributed by atoms with van der Waals surface area (Å²) in [4.78, 5) is 13.7. The predicted octanol–water partition coefficient (Wildman–Crippen LogP) is 2.25. The Morgan fingerprint density at radius 3 is 2.95 bits per heavy atom. The fourth-order valence-corrected chi connectivity index (χ4v) is 2.20. The van der Waals surface area contributed by atoms with Gasteiger partial charge >= 0.3 is 6.09 Å². The number of amides is 1. The molecular formula is C15H21N3O3. The Balaban J connectivity index is 1.77. The molecule has 1 saturated heterocycles. The molecule has 0 bridgehead atoms. The Labute approximate surface area is 124 Å². The van der Waals surface area contributed by atoms with Crippen LogP contribution >= 0.6 is 0 Å². The average Bonchev–Trinajstić information content (AvgIpc) is 3.03. The van der Waals surface area contributed by atoms with Gasteiger partial charge in [-0.3, -0.25) is 0 Å². The van der Waals surface area contributed by atoms with Gasteiger partial charge in [-0.1, -0.05) is 0 Å². The van der Waals surface area contributed by atoms with Crippen molar-refractivity contribution in [1.29, 1.82) is 5.26 Å². The first-order chi connectivity index (χ1) is 9.87. The number of furan rings is 1. The van der Waals surface area contributed by atoms with E-state index < -0.39 is 5.60 Å². The van der Waals surface area contributed by atoms with E-state index in [-0.39, 0.29) is 12.1 Å². The zero-order valence-corrected chi connectivity index (χ0v) is 12.7. The van der Waals surface area contributed by atoms with E-state index in [9.17, 15) is 4.79 Å². The summed E-state index contributed by atoms with van der Waals surface area (Å²) in [5, 5.41) is 12.0. The SMILES string of the molecule is CC(C)(C)OC(=O)N1CCC(NCc2ccc(C#N)o2)C1. The van der Waals surface area contributed by atoms with Gasteiger partial charge in [-0.25, -0.2) is 4.79 Å². The molecule has 6 heteroatoms. The second kappa shape index (κ2) is 6.19. The van der Waals surface area contributed by atoms with Crippen LogP contribution in [0, 0.1) is 11.3 Å². The van der Waals surface area contributed by atoms with Gasteiger partial charge in [0.25, 0.3) is 0 Å². The van der Waals surface area contributed by atoms with Crippen molar-refractivity contribution in [3.8, 4) is 6.07 Å². The fraction of sp³-hybridized carbons (Fsp3) is 0.600. The summed E-state index contributed by atoms with van der Waals surface area (Å²) in [6.07, 6.45) is 0.613. The lowest BCUT2D eigenvalue weighted by molar-refractivity contribution is 0.0291. The lowest BCUT2D eigenvalue weighted by Crippen LogP contribution is -2.38. The molecule has 0 radical (unpaired) electrons. The number of carbonyl (C=O) groups excluding carboxylic acids is 1. The largest absolute Gasteiger partial charge is 0.449 e. The quantitative estimate of drug-likeness (QED) is 0.924. The van der Waals surface area contributed by atoms with E-state index in [1.54, 1.807) is 17.0 Å². The minimum atomic E-state index is -0.468. The number of rotatable bonds is 3. The summed E-state index contributed by atoms with van der Waals surface area (Å²) >= 11 is 0. The smallest absolute Gasteiger partial charge is 0.410 e. The van der Waals surface area contributed by atoms with Gasteiger partial charge < -0.3 is 19.4 Å². The number of nitrogens with one attached hydrogen (secondary N) is 1. The van der Waals surface area contributed by atoms with Crippen LogP contribution in [0.15, 0.2) is 16.5 Å². The molecular weight excluding hydrogens is 270 g/mol. The summed E-state index contributed by atoms with van der Waals surface area (Å²) in [7, 11) is 0. The second-order valence-corrected chi connectivity index (χ2v) is 6.17. The minimum absolute atomic E-state index is 0.216. The Morgan fingerprint density at radius 2 is 2.33 bits per heavy atom. The van der Waals surface area contributed by atoms with Gasteiger partial charge in [0.2, 0.25) is 5.76 Å². The number of ether oxygens (including phenoxy) is 1. The monoisotopic (exact) mass is 291 g/mol. The first-order valence-corrected chi connectivity index (χ1v) is 7.07. The number of hydrogen-bond acceptors (Lipinski definition) is 5. The van der Waals surface area contributed by atoms with Crippen molar-refractivity contribution in [2.24, 2.45) is 0 Å². The number of hydrogen-bond donors (Lipinski definition) is 1. The van der Waals surface area contributed by atoms with Gasteiger partial charge in [-0.15, -0.1) is 0 Å². The summed E-state index contributed by atoms with van der Waals surface area (Å²) in [6, 6.07) is 5.61. The number of nitrogens with zero attached hydrogens (tertiary/aromatic N) is 2. The van der Waals surface area contributed by atoms with Gasteiger partial charge in [-0.2, -0.15) is 5.26 Å². The van der Waals surface area contributed by atoms with Gasteiger partial charge in [0.1, 0.15) is 17.4 Å². The zero-order chi connectivity index (χ0) is 15.5. The van der Waals surface area contributed by atoms with E-state index in [2.05, 4.69) is 5.32 Å². The van der Waals surface area contributed by atoms with E-state index in [4.69, 9.17) is 14.4 Å². The van der Waals surface area contributed by atoms with Crippen LogP contribution in [0.25, 0.3) is 0 Å². The Bertz CT molecular complexity index is 539. The molecule has 1 aromatic heterocycles. The van der Waals surface area contributed by atoms with Gasteiger partial charge in [0.05, 0.1) is 6.54 Å². The normalized spacial score (nSPS) is 18.6. The highest BCUT2D eigenvalue weighted by molar-refractivity contribution is 5.68. The third kappa shape index (κ3) is 4.50. The van der Waals surface area contributed by atoms with Crippen molar-refractivity contribution in [3.63, 3.8) is 0 Å². The molecule has 1 aromatic rings. The van der Waals surface area contributed by atoms with Crippen molar-refractivity contribution < 1.29 is 13.9 Å². The van der Waals surface area contributed by atoms with Gasteiger partial charge in [0, 0.05) is 19.1 Å². The Kier molecular flexibility index (Phi) is 4.53. The molecule has 1 atom stereocenters. The maximum absolute atomic E-state index is 11.9. The molecule has 21 heavy (non-hydrogen) atoms. The Hall–Kier alpha value is -2.00. The van der Waals surface area contributed by atoms with Gasteiger partial charge in [0.15, 0.2) is 0 Å². The molecule has 0 aliphatic carbocycles.